The highest BCUT2D eigenvalue weighted by atomic mass is 35.5. The maximum atomic E-state index is 13.3. The van der Waals surface area contributed by atoms with Crippen molar-refractivity contribution in [3.8, 4) is 0 Å². The maximum Gasteiger partial charge on any atom is 0.253 e. The Balaban J connectivity index is 0.00000342. The van der Waals surface area contributed by atoms with E-state index in [1.54, 1.807) is 35.2 Å². The first-order chi connectivity index (χ1) is 16.3. The van der Waals surface area contributed by atoms with E-state index in [0.717, 1.165) is 31.5 Å². The van der Waals surface area contributed by atoms with Crippen LogP contribution in [-0.2, 0) is 4.79 Å². The van der Waals surface area contributed by atoms with E-state index >= 15 is 0 Å². The molecule has 5 nitrogen and oxygen atoms in total. The van der Waals surface area contributed by atoms with Gasteiger partial charge in [-0.1, -0.05) is 40.9 Å². The van der Waals surface area contributed by atoms with Gasteiger partial charge in [0.05, 0.1) is 10.0 Å². The quantitative estimate of drug-likeness (QED) is 0.496. The molecule has 0 aliphatic carbocycles. The summed E-state index contributed by atoms with van der Waals surface area (Å²) in [5.41, 5.74) is 1.57. The zero-order chi connectivity index (χ0) is 24.2. The number of nitrogens with zero attached hydrogens (tertiary/aromatic N) is 2. The van der Waals surface area contributed by atoms with Crippen LogP contribution in [0, 0.1) is 5.92 Å². The van der Waals surface area contributed by atoms with Gasteiger partial charge in [0.1, 0.15) is 0 Å². The minimum Gasteiger partial charge on any atom is -0.342 e. The molecule has 0 unspecified atom stereocenters. The SMILES string of the molecule is CN(C(=O)c1ccc(Cl)cc1)[C@@H]1CCN(C(=O)CC2CCNCC2)C[C@H]1c1ccc(Cl)c(Cl)c1.Cl. The molecule has 190 valence electrons. The Kier molecular flexibility index (Phi) is 10.1. The van der Waals surface area contributed by atoms with Crippen LogP contribution < -0.4 is 5.32 Å². The average molecular weight is 559 g/mol. The molecule has 35 heavy (non-hydrogen) atoms. The van der Waals surface area contributed by atoms with Crippen molar-refractivity contribution in [1.82, 2.24) is 15.1 Å². The molecule has 0 bridgehead atoms. The number of benzene rings is 2. The van der Waals surface area contributed by atoms with E-state index in [-0.39, 0.29) is 36.2 Å². The Bertz CT molecular complexity index is 1030. The van der Waals surface area contributed by atoms with Crippen LogP contribution in [0.5, 0.6) is 0 Å². The summed E-state index contributed by atoms with van der Waals surface area (Å²) in [4.78, 5) is 30.2. The van der Waals surface area contributed by atoms with E-state index in [1.807, 2.05) is 24.1 Å². The number of likely N-dealkylation sites (tertiary alicyclic amines) is 1. The van der Waals surface area contributed by atoms with Gasteiger partial charge in [-0.25, -0.2) is 0 Å². The molecular weight excluding hydrogens is 528 g/mol. The van der Waals surface area contributed by atoms with Crippen molar-refractivity contribution in [2.75, 3.05) is 33.2 Å². The van der Waals surface area contributed by atoms with Crippen LogP contribution in [-0.4, -0.2) is 60.9 Å². The van der Waals surface area contributed by atoms with Crippen LogP contribution in [0.4, 0.5) is 0 Å². The summed E-state index contributed by atoms with van der Waals surface area (Å²) in [6.07, 6.45) is 3.35. The van der Waals surface area contributed by atoms with Crippen LogP contribution in [0.15, 0.2) is 42.5 Å². The number of halogens is 4. The molecule has 2 heterocycles. The first kappa shape index (κ1) is 28.1. The van der Waals surface area contributed by atoms with Crippen molar-refractivity contribution in [3.63, 3.8) is 0 Å². The van der Waals surface area contributed by atoms with Crippen LogP contribution in [0.3, 0.4) is 0 Å². The minimum absolute atomic E-state index is 0. The Morgan fingerprint density at radius 1 is 1.00 bits per heavy atom. The molecule has 0 spiro atoms. The number of rotatable bonds is 5. The Morgan fingerprint density at radius 3 is 2.34 bits per heavy atom. The van der Waals surface area contributed by atoms with Crippen molar-refractivity contribution in [2.45, 2.75) is 37.6 Å². The largest absolute Gasteiger partial charge is 0.342 e. The fourth-order valence-corrected chi connectivity index (χ4v) is 5.54. The standard InChI is InChI=1S/C26H30Cl3N3O2.ClH/c1-31(26(34)18-2-5-20(27)6-3-18)24-10-13-32(25(33)14-17-8-11-30-12-9-17)16-21(24)19-4-7-22(28)23(29)15-19;/h2-7,15,17,21,24,30H,8-14,16H2,1H3;1H/t21-,24+;/m0./s1. The van der Waals surface area contributed by atoms with Gasteiger partial charge < -0.3 is 15.1 Å². The third-order valence-corrected chi connectivity index (χ3v) is 8.12. The van der Waals surface area contributed by atoms with Gasteiger partial charge in [0.15, 0.2) is 0 Å². The van der Waals surface area contributed by atoms with Crippen molar-refractivity contribution in [1.29, 1.82) is 0 Å². The van der Waals surface area contributed by atoms with Gasteiger partial charge in [-0.2, -0.15) is 0 Å². The summed E-state index contributed by atoms with van der Waals surface area (Å²) in [5, 5.41) is 4.91. The van der Waals surface area contributed by atoms with Gasteiger partial charge in [-0.15, -0.1) is 12.4 Å². The molecule has 2 saturated heterocycles. The Morgan fingerprint density at radius 2 is 1.69 bits per heavy atom. The third-order valence-electron chi connectivity index (χ3n) is 7.13. The molecule has 0 radical (unpaired) electrons. The fraction of sp³-hybridized carbons (Fsp3) is 0.462. The lowest BCUT2D eigenvalue weighted by molar-refractivity contribution is -0.134. The van der Waals surface area contributed by atoms with Gasteiger partial charge in [0.2, 0.25) is 5.91 Å². The normalized spacial score (nSPS) is 20.7. The molecule has 2 aromatic carbocycles. The minimum atomic E-state index is -0.0802. The van der Waals surface area contributed by atoms with E-state index in [2.05, 4.69) is 5.32 Å². The molecule has 2 aliphatic heterocycles. The highest BCUT2D eigenvalue weighted by Gasteiger charge is 2.37. The van der Waals surface area contributed by atoms with Crippen LogP contribution in [0.2, 0.25) is 15.1 Å². The van der Waals surface area contributed by atoms with Crippen LogP contribution in [0.1, 0.15) is 47.5 Å². The summed E-state index contributed by atoms with van der Waals surface area (Å²) in [5.74, 6) is 0.495. The topological polar surface area (TPSA) is 52.7 Å². The fourth-order valence-electron chi connectivity index (χ4n) is 5.11. The summed E-state index contributed by atoms with van der Waals surface area (Å²) < 4.78 is 0. The summed E-state index contributed by atoms with van der Waals surface area (Å²) in [7, 11) is 1.83. The van der Waals surface area contributed by atoms with Crippen molar-refractivity contribution < 1.29 is 9.59 Å². The van der Waals surface area contributed by atoms with Gasteiger partial charge in [-0.3, -0.25) is 9.59 Å². The highest BCUT2D eigenvalue weighted by Crippen LogP contribution is 2.35. The average Bonchev–Trinajstić information content (AvgIpc) is 2.85. The first-order valence-corrected chi connectivity index (χ1v) is 12.9. The van der Waals surface area contributed by atoms with Gasteiger partial charge >= 0.3 is 0 Å². The second-order valence-electron chi connectivity index (χ2n) is 9.30. The predicted octanol–water partition coefficient (Wildman–Crippen LogP) is 5.92. The number of carbonyl (C=O) groups excluding carboxylic acids is 2. The molecule has 0 saturated carbocycles. The van der Waals surface area contributed by atoms with E-state index in [9.17, 15) is 9.59 Å². The van der Waals surface area contributed by atoms with Crippen LogP contribution >= 0.6 is 47.2 Å². The smallest absolute Gasteiger partial charge is 0.253 e. The molecule has 2 amide bonds. The van der Waals surface area contributed by atoms with Gasteiger partial charge in [0.25, 0.3) is 5.91 Å². The number of amides is 2. The van der Waals surface area contributed by atoms with E-state index in [1.165, 1.54) is 0 Å². The highest BCUT2D eigenvalue weighted by molar-refractivity contribution is 6.42. The monoisotopic (exact) mass is 557 g/mol. The summed E-state index contributed by atoms with van der Waals surface area (Å²) in [6, 6.07) is 12.5. The molecule has 2 aliphatic rings. The number of likely N-dealkylation sites (N-methyl/N-ethyl adjacent to an activating group) is 1. The number of carbonyl (C=O) groups is 2. The molecule has 4 rings (SSSR count). The van der Waals surface area contributed by atoms with E-state index < -0.39 is 0 Å². The second-order valence-corrected chi connectivity index (χ2v) is 10.5. The zero-order valence-corrected chi connectivity index (χ0v) is 22.8. The van der Waals surface area contributed by atoms with Crippen molar-refractivity contribution in [2.24, 2.45) is 5.92 Å². The number of piperidine rings is 2. The van der Waals surface area contributed by atoms with Crippen LogP contribution in [0.25, 0.3) is 0 Å². The van der Waals surface area contributed by atoms with E-state index in [4.69, 9.17) is 34.8 Å². The number of hydrogen-bond donors (Lipinski definition) is 1. The zero-order valence-electron chi connectivity index (χ0n) is 19.7. The number of nitrogens with one attached hydrogen (secondary N) is 1. The third kappa shape index (κ3) is 6.84. The second kappa shape index (κ2) is 12.6. The first-order valence-electron chi connectivity index (χ1n) is 11.8. The molecular formula is C26H31Cl4N3O2. The van der Waals surface area contributed by atoms with Crippen molar-refractivity contribution >= 4 is 59.0 Å². The summed E-state index contributed by atoms with van der Waals surface area (Å²) >= 11 is 18.5. The Labute approximate surface area is 228 Å². The molecule has 9 heteroatoms. The van der Waals surface area contributed by atoms with Gasteiger partial charge in [0, 0.05) is 49.1 Å². The number of hydrogen-bond acceptors (Lipinski definition) is 3. The maximum absolute atomic E-state index is 13.3. The molecule has 2 fully saturated rings. The lowest BCUT2D eigenvalue weighted by Crippen LogP contribution is -2.52. The lowest BCUT2D eigenvalue weighted by atomic mass is 9.84. The molecule has 0 aromatic heterocycles. The lowest BCUT2D eigenvalue weighted by Gasteiger charge is -2.43. The molecule has 1 N–H and O–H groups in total. The predicted molar refractivity (Wildman–Crippen MR) is 145 cm³/mol. The molecule has 2 atom stereocenters. The van der Waals surface area contributed by atoms with Crippen molar-refractivity contribution in [3.05, 3.63) is 68.7 Å². The Hall–Kier alpha value is -1.50. The van der Waals surface area contributed by atoms with Gasteiger partial charge in [-0.05, 0) is 80.2 Å². The molecule has 2 aromatic rings. The van der Waals surface area contributed by atoms with E-state index in [0.29, 0.717) is 52.5 Å². The summed E-state index contributed by atoms with van der Waals surface area (Å²) in [6.45, 7) is 3.13.